The minimum atomic E-state index is -0.925. The molecule has 2 heterocycles. The van der Waals surface area contributed by atoms with Crippen molar-refractivity contribution >= 4 is 51.1 Å². The number of ether oxygens (including phenoxy) is 1. The number of nitrogens with one attached hydrogen (secondary N) is 1. The lowest BCUT2D eigenvalue weighted by atomic mass is 9.88. The number of para-hydroxylation sites is 1. The summed E-state index contributed by atoms with van der Waals surface area (Å²) in [6.45, 7) is 10.4. The van der Waals surface area contributed by atoms with E-state index in [9.17, 15) is 9.90 Å². The molecule has 0 amide bonds. The van der Waals surface area contributed by atoms with E-state index in [0.717, 1.165) is 55.0 Å². The number of fused-ring (bicyclic) bond motifs is 2. The van der Waals surface area contributed by atoms with Crippen molar-refractivity contribution in [2.45, 2.75) is 63.7 Å². The molecule has 0 spiro atoms. The van der Waals surface area contributed by atoms with Crippen molar-refractivity contribution in [1.82, 2.24) is 9.97 Å². The van der Waals surface area contributed by atoms with Crippen LogP contribution < -0.4 is 4.74 Å². The summed E-state index contributed by atoms with van der Waals surface area (Å²) >= 11 is 7.95. The number of nitrogens with zero attached hydrogens (tertiary/aromatic N) is 1. The van der Waals surface area contributed by atoms with Crippen LogP contribution in [0, 0.1) is 5.41 Å². The summed E-state index contributed by atoms with van der Waals surface area (Å²) in [5, 5.41) is 12.8. The zero-order chi connectivity index (χ0) is 29.4. The molecular weight excluding hydrogens is 552 g/mol. The zero-order valence-corrected chi connectivity index (χ0v) is 25.6. The minimum Gasteiger partial charge on any atom is -0.487 e. The van der Waals surface area contributed by atoms with Gasteiger partial charge in [-0.3, -0.25) is 4.79 Å². The van der Waals surface area contributed by atoms with Crippen LogP contribution in [0.1, 0.15) is 57.1 Å². The molecule has 0 unspecified atom stereocenters. The van der Waals surface area contributed by atoms with E-state index in [1.54, 1.807) is 25.6 Å². The van der Waals surface area contributed by atoms with Crippen LogP contribution in [0.4, 0.5) is 0 Å². The Morgan fingerprint density at radius 1 is 0.976 bits per heavy atom. The molecule has 5 rings (SSSR count). The molecule has 5 nitrogen and oxygen atoms in total. The van der Waals surface area contributed by atoms with Crippen molar-refractivity contribution in [2.24, 2.45) is 5.41 Å². The van der Waals surface area contributed by atoms with Gasteiger partial charge in [-0.1, -0.05) is 68.8 Å². The van der Waals surface area contributed by atoms with Gasteiger partial charge in [0.15, 0.2) is 0 Å². The van der Waals surface area contributed by atoms with Crippen molar-refractivity contribution in [1.29, 1.82) is 0 Å². The normalized spacial score (nSPS) is 12.2. The van der Waals surface area contributed by atoms with Crippen molar-refractivity contribution in [3.8, 4) is 5.75 Å². The number of carboxylic acid groups (broad SMARTS) is 1. The second kappa shape index (κ2) is 11.4. The molecule has 0 bridgehead atoms. The van der Waals surface area contributed by atoms with E-state index < -0.39 is 11.4 Å². The molecule has 7 heteroatoms. The largest absolute Gasteiger partial charge is 0.487 e. The van der Waals surface area contributed by atoms with E-state index in [1.165, 1.54) is 0 Å². The fourth-order valence-corrected chi connectivity index (χ4v) is 6.20. The Hall–Kier alpha value is -3.48. The molecule has 41 heavy (non-hydrogen) atoms. The van der Waals surface area contributed by atoms with Crippen molar-refractivity contribution in [2.75, 3.05) is 0 Å². The number of benzene rings is 3. The first kappa shape index (κ1) is 29.0. The third-order valence-corrected chi connectivity index (χ3v) is 8.51. The number of carboxylic acids is 1. The molecular formula is C34H35ClN2O3S. The van der Waals surface area contributed by atoms with Gasteiger partial charge in [0.1, 0.15) is 12.4 Å². The fourth-order valence-electron chi connectivity index (χ4n) is 4.88. The maximum atomic E-state index is 12.1. The van der Waals surface area contributed by atoms with E-state index >= 15 is 0 Å². The summed E-state index contributed by atoms with van der Waals surface area (Å²) < 4.78 is 6.41. The number of pyridine rings is 1. The Bertz CT molecular complexity index is 1720. The Morgan fingerprint density at radius 2 is 1.71 bits per heavy atom. The first-order valence-corrected chi connectivity index (χ1v) is 14.9. The SMILES string of the molecule is CC(C)(C)Sc1c(CC(C)(C)C(=O)O)[nH]c2ccc(OCc3ccc4ccccc4n3)c(Cc3ccc(Cl)cc3)c12. The van der Waals surface area contributed by atoms with Crippen molar-refractivity contribution < 1.29 is 14.6 Å². The van der Waals surface area contributed by atoms with Crippen LogP contribution in [0.25, 0.3) is 21.8 Å². The standard InChI is InChI=1S/C34H35ClN2O3S/c1-33(2,3)41-31-28(19-34(4,5)32(38)39)37-27-16-17-29(25(30(27)31)18-21-10-13-23(35)14-11-21)40-20-24-15-12-22-8-6-7-9-26(22)36-24/h6-17,37H,18-20H2,1-5H3,(H,38,39). The van der Waals surface area contributed by atoms with Gasteiger partial charge in [-0.25, -0.2) is 4.98 Å². The van der Waals surface area contributed by atoms with Crippen LogP contribution in [0.5, 0.6) is 5.75 Å². The van der Waals surface area contributed by atoms with Crippen LogP contribution in [-0.2, 0) is 24.2 Å². The van der Waals surface area contributed by atoms with E-state index in [2.05, 4.69) is 37.9 Å². The molecule has 0 aliphatic carbocycles. The number of hydrogen-bond acceptors (Lipinski definition) is 4. The topological polar surface area (TPSA) is 75.2 Å². The van der Waals surface area contributed by atoms with E-state index in [0.29, 0.717) is 24.5 Å². The number of carbonyl (C=O) groups is 1. The monoisotopic (exact) mass is 586 g/mol. The Balaban J connectivity index is 1.63. The molecule has 0 saturated carbocycles. The summed E-state index contributed by atoms with van der Waals surface area (Å²) in [5.41, 5.74) is 4.91. The van der Waals surface area contributed by atoms with Gasteiger partial charge in [-0.05, 0) is 55.8 Å². The number of aliphatic carboxylic acids is 1. The Labute approximate surface area is 250 Å². The predicted molar refractivity (Wildman–Crippen MR) is 169 cm³/mol. The number of thioether (sulfide) groups is 1. The van der Waals surface area contributed by atoms with Gasteiger partial charge in [0.05, 0.1) is 16.6 Å². The molecule has 0 fully saturated rings. The van der Waals surface area contributed by atoms with Crippen LogP contribution in [0.15, 0.2) is 77.7 Å². The Kier molecular flexibility index (Phi) is 8.09. The number of aromatic amines is 1. The molecule has 0 atom stereocenters. The van der Waals surface area contributed by atoms with Crippen LogP contribution in [0.2, 0.25) is 5.02 Å². The van der Waals surface area contributed by atoms with Crippen molar-refractivity contribution in [3.63, 3.8) is 0 Å². The molecule has 0 aliphatic rings. The third-order valence-electron chi connectivity index (χ3n) is 6.99. The van der Waals surface area contributed by atoms with Gasteiger partial charge >= 0.3 is 5.97 Å². The maximum absolute atomic E-state index is 12.1. The van der Waals surface area contributed by atoms with Crippen LogP contribution in [-0.4, -0.2) is 25.8 Å². The highest BCUT2D eigenvalue weighted by Crippen LogP contribution is 2.45. The van der Waals surface area contributed by atoms with Gasteiger partial charge in [-0.2, -0.15) is 0 Å². The number of H-pyrrole nitrogens is 1. The van der Waals surface area contributed by atoms with Gasteiger partial charge in [0.2, 0.25) is 0 Å². The Morgan fingerprint density at radius 3 is 2.41 bits per heavy atom. The molecule has 2 N–H and O–H groups in total. The number of aromatic nitrogens is 2. The summed E-state index contributed by atoms with van der Waals surface area (Å²) in [6, 6.07) is 24.0. The fraction of sp³-hybridized carbons (Fsp3) is 0.294. The second-order valence-electron chi connectivity index (χ2n) is 12.1. The smallest absolute Gasteiger partial charge is 0.309 e. The first-order valence-electron chi connectivity index (χ1n) is 13.7. The zero-order valence-electron chi connectivity index (χ0n) is 24.0. The number of rotatable bonds is 9. The van der Waals surface area contributed by atoms with E-state index in [-0.39, 0.29) is 4.75 Å². The minimum absolute atomic E-state index is 0.0966. The highest BCUT2D eigenvalue weighted by Gasteiger charge is 2.32. The molecule has 0 radical (unpaired) electrons. The lowest BCUT2D eigenvalue weighted by Gasteiger charge is -2.23. The average molecular weight is 587 g/mol. The van der Waals surface area contributed by atoms with E-state index in [4.69, 9.17) is 21.3 Å². The molecule has 0 aliphatic heterocycles. The quantitative estimate of drug-likeness (QED) is 0.168. The lowest BCUT2D eigenvalue weighted by Crippen LogP contribution is -2.26. The van der Waals surface area contributed by atoms with Gasteiger partial charge < -0.3 is 14.8 Å². The van der Waals surface area contributed by atoms with Crippen molar-refractivity contribution in [3.05, 3.63) is 100 Å². The molecule has 212 valence electrons. The summed E-state index contributed by atoms with van der Waals surface area (Å²) in [6.07, 6.45) is 1.01. The molecule has 3 aromatic carbocycles. The second-order valence-corrected chi connectivity index (χ2v) is 14.3. The van der Waals surface area contributed by atoms with Crippen LogP contribution >= 0.6 is 23.4 Å². The highest BCUT2D eigenvalue weighted by molar-refractivity contribution is 8.00. The predicted octanol–water partition coefficient (Wildman–Crippen LogP) is 9.08. The van der Waals surface area contributed by atoms with Gasteiger partial charge in [-0.15, -0.1) is 11.8 Å². The third kappa shape index (κ3) is 6.71. The average Bonchev–Trinajstić information content (AvgIpc) is 3.24. The molecule has 0 saturated heterocycles. The lowest BCUT2D eigenvalue weighted by molar-refractivity contribution is -0.146. The first-order chi connectivity index (χ1) is 19.4. The molecule has 2 aromatic heterocycles. The van der Waals surface area contributed by atoms with E-state index in [1.807, 2.05) is 60.7 Å². The highest BCUT2D eigenvalue weighted by atomic mass is 35.5. The summed E-state index contributed by atoms with van der Waals surface area (Å²) in [5.74, 6) is -0.0441. The number of halogens is 1. The van der Waals surface area contributed by atoms with Gasteiger partial charge in [0, 0.05) is 55.1 Å². The van der Waals surface area contributed by atoms with Gasteiger partial charge in [0.25, 0.3) is 0 Å². The summed E-state index contributed by atoms with van der Waals surface area (Å²) in [7, 11) is 0. The molecule has 5 aromatic rings. The maximum Gasteiger partial charge on any atom is 0.309 e. The summed E-state index contributed by atoms with van der Waals surface area (Å²) in [4.78, 5) is 21.5. The number of hydrogen-bond donors (Lipinski definition) is 2. The van der Waals surface area contributed by atoms with Crippen LogP contribution in [0.3, 0.4) is 0 Å².